The van der Waals surface area contributed by atoms with E-state index in [9.17, 15) is 28.6 Å². The van der Waals surface area contributed by atoms with Crippen molar-refractivity contribution in [3.8, 4) is 23.2 Å². The lowest BCUT2D eigenvalue weighted by atomic mass is 9.82. The lowest BCUT2D eigenvalue weighted by molar-refractivity contribution is -0.146. The van der Waals surface area contributed by atoms with Crippen molar-refractivity contribution in [2.24, 2.45) is 0 Å². The molecule has 43 heavy (non-hydrogen) atoms. The molecule has 0 bridgehead atoms. The maximum Gasteiger partial charge on any atom is 0.451 e. The maximum atomic E-state index is 13.4. The molecule has 0 spiro atoms. The van der Waals surface area contributed by atoms with E-state index in [4.69, 9.17) is 4.74 Å². The van der Waals surface area contributed by atoms with E-state index in [1.54, 1.807) is 12.4 Å². The van der Waals surface area contributed by atoms with Gasteiger partial charge in [0, 0.05) is 48.5 Å². The van der Waals surface area contributed by atoms with Gasteiger partial charge in [0.15, 0.2) is 0 Å². The highest BCUT2D eigenvalue weighted by Gasteiger charge is 2.48. The molecular weight excluding hydrogens is 567 g/mol. The third kappa shape index (κ3) is 5.53. The number of likely N-dealkylation sites (tertiary alicyclic amines) is 1. The lowest BCUT2D eigenvalue weighted by Gasteiger charge is -2.53. The van der Waals surface area contributed by atoms with Crippen molar-refractivity contribution in [2.75, 3.05) is 19.7 Å². The summed E-state index contributed by atoms with van der Waals surface area (Å²) in [5.41, 5.74) is -0.490. The Morgan fingerprint density at radius 2 is 1.95 bits per heavy atom. The zero-order valence-electron chi connectivity index (χ0n) is 23.3. The number of halogens is 3. The number of nitrogens with one attached hydrogen (secondary N) is 1. The molecule has 0 radical (unpaired) electrons. The first-order valence-electron chi connectivity index (χ1n) is 13.9. The van der Waals surface area contributed by atoms with Gasteiger partial charge in [-0.15, -0.1) is 0 Å². The molecule has 12 nitrogen and oxygen atoms in total. The molecule has 4 aromatic rings. The van der Waals surface area contributed by atoms with Gasteiger partial charge in [0.2, 0.25) is 11.7 Å². The number of hydrogen-bond acceptors (Lipinski definition) is 10. The minimum atomic E-state index is -4.84. The van der Waals surface area contributed by atoms with Gasteiger partial charge in [-0.1, -0.05) is 0 Å². The molecule has 1 atom stereocenters. The monoisotopic (exact) mass is 597 g/mol. The SMILES string of the molecule is CC(O)(CO)c1cc(O[C@H]2CC[C@@H](N3CC(CC#N)(n4cc(-c5ncnc6[nH]ccc56)cn4)C3)CC2)nc(C(F)(F)F)n1. The van der Waals surface area contributed by atoms with Crippen LogP contribution in [-0.4, -0.2) is 81.7 Å². The minimum Gasteiger partial charge on any atom is -0.474 e. The second-order valence-corrected chi connectivity index (χ2v) is 11.5. The van der Waals surface area contributed by atoms with Crippen molar-refractivity contribution in [3.63, 3.8) is 0 Å². The van der Waals surface area contributed by atoms with Crippen molar-refractivity contribution in [3.05, 3.63) is 48.6 Å². The Kier molecular flexibility index (Phi) is 7.31. The van der Waals surface area contributed by atoms with Gasteiger partial charge in [-0.2, -0.15) is 28.5 Å². The van der Waals surface area contributed by atoms with Gasteiger partial charge in [-0.05, 0) is 38.7 Å². The molecule has 15 heteroatoms. The van der Waals surface area contributed by atoms with E-state index in [0.29, 0.717) is 32.4 Å². The summed E-state index contributed by atoms with van der Waals surface area (Å²) in [6, 6.07) is 5.59. The Morgan fingerprint density at radius 1 is 1.19 bits per heavy atom. The number of aromatic nitrogens is 7. The van der Waals surface area contributed by atoms with Crippen LogP contribution < -0.4 is 4.74 Å². The smallest absolute Gasteiger partial charge is 0.451 e. The predicted molar refractivity (Wildman–Crippen MR) is 145 cm³/mol. The number of rotatable bonds is 8. The van der Waals surface area contributed by atoms with E-state index in [-0.39, 0.29) is 23.7 Å². The van der Waals surface area contributed by atoms with Crippen LogP contribution in [0.3, 0.4) is 0 Å². The minimum absolute atomic E-state index is 0.227. The van der Waals surface area contributed by atoms with Crippen LogP contribution in [0.25, 0.3) is 22.3 Å². The molecule has 1 aliphatic carbocycles. The van der Waals surface area contributed by atoms with Crippen LogP contribution in [0, 0.1) is 11.3 Å². The van der Waals surface area contributed by atoms with E-state index in [2.05, 4.69) is 41.0 Å². The van der Waals surface area contributed by atoms with E-state index < -0.39 is 29.7 Å². The number of fused-ring (bicyclic) bond motifs is 1. The Labute approximate surface area is 244 Å². The van der Waals surface area contributed by atoms with Crippen LogP contribution in [0.5, 0.6) is 5.88 Å². The summed E-state index contributed by atoms with van der Waals surface area (Å²) in [7, 11) is 0. The molecule has 6 rings (SSSR count). The molecule has 1 saturated heterocycles. The summed E-state index contributed by atoms with van der Waals surface area (Å²) >= 11 is 0. The van der Waals surface area contributed by atoms with Crippen LogP contribution in [0.4, 0.5) is 13.2 Å². The Morgan fingerprint density at radius 3 is 2.65 bits per heavy atom. The van der Waals surface area contributed by atoms with Crippen LogP contribution in [0.2, 0.25) is 0 Å². The molecule has 226 valence electrons. The summed E-state index contributed by atoms with van der Waals surface area (Å²) in [6.45, 7) is 1.64. The van der Waals surface area contributed by atoms with Gasteiger partial charge in [-0.3, -0.25) is 9.58 Å². The molecule has 3 N–H and O–H groups in total. The summed E-state index contributed by atoms with van der Waals surface area (Å²) in [5, 5.41) is 34.9. The molecule has 4 aromatic heterocycles. The number of aliphatic hydroxyl groups is 2. The first kappa shape index (κ1) is 29.0. The maximum absolute atomic E-state index is 13.4. The van der Waals surface area contributed by atoms with Crippen LogP contribution >= 0.6 is 0 Å². The van der Waals surface area contributed by atoms with Crippen LogP contribution in [0.1, 0.15) is 50.5 Å². The Balaban J connectivity index is 1.10. The first-order chi connectivity index (χ1) is 20.5. The molecule has 1 unspecified atom stereocenters. The average Bonchev–Trinajstić information content (AvgIpc) is 3.65. The van der Waals surface area contributed by atoms with E-state index in [0.717, 1.165) is 41.2 Å². The fourth-order valence-corrected chi connectivity index (χ4v) is 5.93. The molecule has 2 fully saturated rings. The van der Waals surface area contributed by atoms with E-state index >= 15 is 0 Å². The number of alkyl halides is 3. The van der Waals surface area contributed by atoms with Gasteiger partial charge in [-0.25, -0.2) is 15.0 Å². The van der Waals surface area contributed by atoms with Gasteiger partial charge >= 0.3 is 6.18 Å². The largest absolute Gasteiger partial charge is 0.474 e. The second kappa shape index (κ2) is 10.9. The number of ether oxygens (including phenoxy) is 1. The third-order valence-electron chi connectivity index (χ3n) is 8.36. The Bertz CT molecular complexity index is 1650. The van der Waals surface area contributed by atoms with Crippen molar-refractivity contribution < 1.29 is 28.1 Å². The quantitative estimate of drug-likeness (QED) is 0.275. The predicted octanol–water partition coefficient (Wildman–Crippen LogP) is 3.14. The number of H-pyrrole nitrogens is 1. The fourth-order valence-electron chi connectivity index (χ4n) is 5.93. The zero-order chi connectivity index (χ0) is 30.4. The van der Waals surface area contributed by atoms with Gasteiger partial charge in [0.25, 0.3) is 0 Å². The highest BCUT2D eigenvalue weighted by atomic mass is 19.4. The van der Waals surface area contributed by atoms with E-state index in [1.807, 2.05) is 16.9 Å². The number of aromatic amines is 1. The summed E-state index contributed by atoms with van der Waals surface area (Å²) in [5.74, 6) is -1.72. The summed E-state index contributed by atoms with van der Waals surface area (Å²) < 4.78 is 48.0. The van der Waals surface area contributed by atoms with Crippen LogP contribution in [0.15, 0.2) is 37.1 Å². The molecular formula is C28H30F3N9O3. The number of aliphatic hydroxyl groups excluding tert-OH is 1. The molecule has 0 aromatic carbocycles. The number of nitriles is 1. The molecule has 1 aliphatic heterocycles. The van der Waals surface area contributed by atoms with Crippen molar-refractivity contribution >= 4 is 11.0 Å². The first-order valence-corrected chi connectivity index (χ1v) is 13.9. The third-order valence-corrected chi connectivity index (χ3v) is 8.36. The number of hydrogen-bond donors (Lipinski definition) is 3. The van der Waals surface area contributed by atoms with Gasteiger partial charge in [0.1, 0.15) is 29.2 Å². The average molecular weight is 598 g/mol. The standard InChI is InChI=1S/C28H30F3N9O3/c1-26(42,15-41)21-10-22(38-25(37-21)28(29,30)31)43-19-4-2-18(3-5-19)39-13-27(14-39,7-8-32)40-12-17(11-36-40)23-20-6-9-33-24(20)35-16-34-23/h6,9-12,16,18-19,41-42H,2-5,7,13-15H2,1H3,(H,33,34,35)/t18-,19+,26?. The molecule has 0 amide bonds. The molecule has 1 saturated carbocycles. The van der Waals surface area contributed by atoms with Gasteiger partial charge < -0.3 is 19.9 Å². The Hall–Kier alpha value is -4.13. The zero-order valence-corrected chi connectivity index (χ0v) is 23.3. The normalized spacial score (nSPS) is 22.1. The summed E-state index contributed by atoms with van der Waals surface area (Å²) in [6.07, 6.45) is 4.76. The second-order valence-electron chi connectivity index (χ2n) is 11.5. The van der Waals surface area contributed by atoms with Crippen molar-refractivity contribution in [1.82, 2.24) is 39.6 Å². The highest BCUT2D eigenvalue weighted by molar-refractivity contribution is 5.90. The van der Waals surface area contributed by atoms with Crippen LogP contribution in [-0.2, 0) is 17.3 Å². The fraction of sp³-hybridized carbons (Fsp3) is 0.500. The van der Waals surface area contributed by atoms with Crippen molar-refractivity contribution in [1.29, 1.82) is 5.26 Å². The summed E-state index contributed by atoms with van der Waals surface area (Å²) in [4.78, 5) is 21.0. The molecule has 2 aliphatic rings. The topological polar surface area (TPSA) is 162 Å². The number of nitrogens with zero attached hydrogens (tertiary/aromatic N) is 8. The van der Waals surface area contributed by atoms with Crippen molar-refractivity contribution in [2.45, 2.75) is 68.5 Å². The lowest BCUT2D eigenvalue weighted by Crippen LogP contribution is -2.65. The van der Waals surface area contributed by atoms with Gasteiger partial charge in [0.05, 0.1) is 36.7 Å². The van der Waals surface area contributed by atoms with E-state index in [1.165, 1.54) is 13.3 Å². The molecule has 5 heterocycles. The highest BCUT2D eigenvalue weighted by Crippen LogP contribution is 2.39.